The van der Waals surface area contributed by atoms with Gasteiger partial charge in [0.1, 0.15) is 5.69 Å². The number of carbonyl (C=O) groups is 1. The van der Waals surface area contributed by atoms with E-state index >= 15 is 0 Å². The average molecular weight is 229 g/mol. The zero-order valence-corrected chi connectivity index (χ0v) is 8.13. The van der Waals surface area contributed by atoms with Crippen LogP contribution in [-0.2, 0) is 15.7 Å². The molecule has 1 aromatic heterocycles. The first kappa shape index (κ1) is 12.0. The van der Waals surface area contributed by atoms with Gasteiger partial charge in [0, 0.05) is 17.7 Å². The molecule has 0 spiro atoms. The molecule has 0 N–H and O–H groups in total. The smallest absolute Gasteiger partial charge is 0.433 e. The third kappa shape index (κ3) is 3.28. The van der Waals surface area contributed by atoms with Crippen LogP contribution in [0, 0.1) is 11.8 Å². The Hall–Kier alpha value is -2.03. The fraction of sp³-hybridized carbons (Fsp3) is 0.200. The van der Waals surface area contributed by atoms with Crippen molar-refractivity contribution in [2.24, 2.45) is 0 Å². The molecular weight excluding hydrogens is 223 g/mol. The molecule has 0 amide bonds. The average Bonchev–Trinajstić information content (AvgIpc) is 2.25. The van der Waals surface area contributed by atoms with Gasteiger partial charge in [-0.3, -0.25) is 4.98 Å². The summed E-state index contributed by atoms with van der Waals surface area (Å²) in [7, 11) is 1.13. The molecule has 0 aliphatic rings. The summed E-state index contributed by atoms with van der Waals surface area (Å²) < 4.78 is 40.9. The van der Waals surface area contributed by atoms with E-state index in [1.54, 1.807) is 0 Å². The lowest BCUT2D eigenvalue weighted by Gasteiger charge is -2.04. The second-order valence-corrected chi connectivity index (χ2v) is 2.67. The Morgan fingerprint density at radius 3 is 2.75 bits per heavy atom. The van der Waals surface area contributed by atoms with Crippen molar-refractivity contribution in [1.82, 2.24) is 4.98 Å². The molecule has 0 aromatic carbocycles. The van der Waals surface area contributed by atoms with E-state index in [-0.39, 0.29) is 5.56 Å². The number of ether oxygens (including phenoxy) is 1. The van der Waals surface area contributed by atoms with E-state index in [0.717, 1.165) is 19.4 Å². The summed E-state index contributed by atoms with van der Waals surface area (Å²) in [5.41, 5.74) is -1.00. The molecule has 6 heteroatoms. The summed E-state index contributed by atoms with van der Waals surface area (Å²) in [6.45, 7) is 0. The molecule has 3 nitrogen and oxygen atoms in total. The van der Waals surface area contributed by atoms with Crippen LogP contribution in [0.3, 0.4) is 0 Å². The molecule has 1 heterocycles. The number of methoxy groups -OCH3 is 1. The molecule has 0 unspecified atom stereocenters. The minimum Gasteiger partial charge on any atom is -0.459 e. The molecule has 1 rings (SSSR count). The SMILES string of the molecule is COC(=O)C#Cc1ccnc(C(F)(F)F)c1. The lowest BCUT2D eigenvalue weighted by Crippen LogP contribution is -2.07. The minimum absolute atomic E-state index is 0.0488. The van der Waals surface area contributed by atoms with Gasteiger partial charge in [0.25, 0.3) is 0 Å². The maximum atomic E-state index is 12.2. The first-order valence-corrected chi connectivity index (χ1v) is 4.06. The first-order chi connectivity index (χ1) is 7.43. The molecule has 0 fully saturated rings. The molecule has 0 saturated carbocycles. The summed E-state index contributed by atoms with van der Waals surface area (Å²) in [6.07, 6.45) is -3.55. The van der Waals surface area contributed by atoms with Crippen LogP contribution < -0.4 is 0 Å². The maximum absolute atomic E-state index is 12.2. The number of alkyl halides is 3. The Morgan fingerprint density at radius 2 is 2.19 bits per heavy atom. The van der Waals surface area contributed by atoms with Gasteiger partial charge in [-0.25, -0.2) is 4.79 Å². The standard InChI is InChI=1S/C10H6F3NO2/c1-16-9(15)3-2-7-4-5-14-8(6-7)10(11,12)13/h4-6H,1H3. The Balaban J connectivity index is 2.99. The number of pyridine rings is 1. The number of hydrogen-bond acceptors (Lipinski definition) is 3. The molecular formula is C10H6F3NO2. The van der Waals surface area contributed by atoms with Gasteiger partial charge < -0.3 is 4.74 Å². The van der Waals surface area contributed by atoms with Crippen LogP contribution in [0.5, 0.6) is 0 Å². The predicted molar refractivity (Wildman–Crippen MR) is 48.1 cm³/mol. The highest BCUT2D eigenvalue weighted by Crippen LogP contribution is 2.27. The van der Waals surface area contributed by atoms with E-state index in [1.807, 2.05) is 5.92 Å². The van der Waals surface area contributed by atoms with E-state index < -0.39 is 17.8 Å². The second kappa shape index (κ2) is 4.66. The van der Waals surface area contributed by atoms with Crippen LogP contribution in [0.4, 0.5) is 13.2 Å². The molecule has 0 saturated heterocycles. The number of carbonyl (C=O) groups excluding carboxylic acids is 1. The molecule has 0 atom stereocenters. The van der Waals surface area contributed by atoms with Crippen LogP contribution in [0.15, 0.2) is 18.3 Å². The van der Waals surface area contributed by atoms with Crippen molar-refractivity contribution in [3.8, 4) is 11.8 Å². The summed E-state index contributed by atoms with van der Waals surface area (Å²) >= 11 is 0. The molecule has 0 radical (unpaired) electrons. The topological polar surface area (TPSA) is 39.2 Å². The number of esters is 1. The molecule has 1 aromatic rings. The molecule has 84 valence electrons. The van der Waals surface area contributed by atoms with Crippen LogP contribution in [0.2, 0.25) is 0 Å². The molecule has 0 bridgehead atoms. The molecule has 0 aliphatic carbocycles. The van der Waals surface area contributed by atoms with Gasteiger partial charge in [-0.2, -0.15) is 13.2 Å². The van der Waals surface area contributed by atoms with E-state index in [1.165, 1.54) is 6.07 Å². The monoisotopic (exact) mass is 229 g/mol. The van der Waals surface area contributed by atoms with Crippen molar-refractivity contribution in [2.75, 3.05) is 7.11 Å². The summed E-state index contributed by atoms with van der Waals surface area (Å²) in [4.78, 5) is 13.8. The lowest BCUT2D eigenvalue weighted by atomic mass is 10.2. The third-order valence-corrected chi connectivity index (χ3v) is 1.54. The zero-order valence-electron chi connectivity index (χ0n) is 8.13. The van der Waals surface area contributed by atoms with Gasteiger partial charge in [-0.1, -0.05) is 5.92 Å². The lowest BCUT2D eigenvalue weighted by molar-refractivity contribution is -0.141. The number of rotatable bonds is 0. The largest absolute Gasteiger partial charge is 0.459 e. The van der Waals surface area contributed by atoms with Crippen molar-refractivity contribution in [3.63, 3.8) is 0 Å². The molecule has 16 heavy (non-hydrogen) atoms. The van der Waals surface area contributed by atoms with Gasteiger partial charge in [0.2, 0.25) is 0 Å². The number of halogens is 3. The minimum atomic E-state index is -4.52. The zero-order chi connectivity index (χ0) is 12.2. The van der Waals surface area contributed by atoms with Gasteiger partial charge in [-0.15, -0.1) is 0 Å². The normalized spacial score (nSPS) is 10.2. The first-order valence-electron chi connectivity index (χ1n) is 4.06. The van der Waals surface area contributed by atoms with Crippen molar-refractivity contribution in [2.45, 2.75) is 6.18 Å². The highest BCUT2D eigenvalue weighted by atomic mass is 19.4. The summed E-state index contributed by atoms with van der Waals surface area (Å²) in [5, 5.41) is 0. The highest BCUT2D eigenvalue weighted by Gasteiger charge is 2.32. The fourth-order valence-corrected chi connectivity index (χ4v) is 0.838. The highest BCUT2D eigenvalue weighted by molar-refractivity contribution is 5.88. The van der Waals surface area contributed by atoms with E-state index in [4.69, 9.17) is 0 Å². The van der Waals surface area contributed by atoms with Gasteiger partial charge >= 0.3 is 12.1 Å². The second-order valence-electron chi connectivity index (χ2n) is 2.67. The predicted octanol–water partition coefficient (Wildman–Crippen LogP) is 1.62. The van der Waals surface area contributed by atoms with Crippen molar-refractivity contribution in [3.05, 3.63) is 29.6 Å². The van der Waals surface area contributed by atoms with Crippen LogP contribution in [0.25, 0.3) is 0 Å². The Labute approximate surface area is 89.2 Å². The summed E-state index contributed by atoms with van der Waals surface area (Å²) in [5.74, 6) is 3.45. The maximum Gasteiger partial charge on any atom is 0.433 e. The fourth-order valence-electron chi connectivity index (χ4n) is 0.838. The Kier molecular flexibility index (Phi) is 3.51. The van der Waals surface area contributed by atoms with Crippen LogP contribution in [0.1, 0.15) is 11.3 Å². The Morgan fingerprint density at radius 1 is 1.50 bits per heavy atom. The number of nitrogens with zero attached hydrogens (tertiary/aromatic N) is 1. The van der Waals surface area contributed by atoms with Crippen LogP contribution >= 0.6 is 0 Å². The van der Waals surface area contributed by atoms with E-state index in [9.17, 15) is 18.0 Å². The van der Waals surface area contributed by atoms with Gasteiger partial charge in [0.15, 0.2) is 0 Å². The van der Waals surface area contributed by atoms with E-state index in [0.29, 0.717) is 0 Å². The van der Waals surface area contributed by atoms with Gasteiger partial charge in [0.05, 0.1) is 7.11 Å². The number of hydrogen-bond donors (Lipinski definition) is 0. The summed E-state index contributed by atoms with van der Waals surface area (Å²) in [6, 6.07) is 2.03. The van der Waals surface area contributed by atoms with Crippen LogP contribution in [-0.4, -0.2) is 18.1 Å². The van der Waals surface area contributed by atoms with Gasteiger partial charge in [-0.05, 0) is 12.1 Å². The third-order valence-electron chi connectivity index (χ3n) is 1.54. The van der Waals surface area contributed by atoms with E-state index in [2.05, 4.69) is 15.6 Å². The number of aromatic nitrogens is 1. The Bertz CT molecular complexity index is 457. The van der Waals surface area contributed by atoms with Crippen molar-refractivity contribution in [1.29, 1.82) is 0 Å². The van der Waals surface area contributed by atoms with Crippen molar-refractivity contribution >= 4 is 5.97 Å². The molecule has 0 aliphatic heterocycles. The quantitative estimate of drug-likeness (QED) is 0.501. The van der Waals surface area contributed by atoms with Crippen molar-refractivity contribution < 1.29 is 22.7 Å².